The monoisotopic (exact) mass is 460 g/mol. The first kappa shape index (κ1) is 23.4. The molecule has 0 spiro atoms. The number of carbonyl (C=O) groups excluding carboxylic acids is 3. The lowest BCUT2D eigenvalue weighted by molar-refractivity contribution is -0.158. The van der Waals surface area contributed by atoms with Gasteiger partial charge in [0.05, 0.1) is 5.92 Å². The molecule has 1 aliphatic rings. The van der Waals surface area contributed by atoms with Crippen LogP contribution in [0.4, 0.5) is 5.69 Å². The van der Waals surface area contributed by atoms with Gasteiger partial charge in [0.15, 0.2) is 6.10 Å². The van der Waals surface area contributed by atoms with Crippen LogP contribution in [-0.2, 0) is 24.3 Å². The number of piperidine rings is 1. The van der Waals surface area contributed by atoms with Crippen molar-refractivity contribution in [1.82, 2.24) is 9.29 Å². The number of hydrogen-bond donors (Lipinski definition) is 2. The summed E-state index contributed by atoms with van der Waals surface area (Å²) >= 11 is 0. The smallest absolute Gasteiger partial charge is 0.309 e. The van der Waals surface area contributed by atoms with Crippen LogP contribution in [0.3, 0.4) is 0 Å². The summed E-state index contributed by atoms with van der Waals surface area (Å²) < 4.78 is 31.9. The Bertz CT molecular complexity index is 1080. The number of ether oxygens (including phenoxy) is 1. The van der Waals surface area contributed by atoms with Gasteiger partial charge in [0.1, 0.15) is 4.90 Å². The van der Waals surface area contributed by atoms with Crippen molar-refractivity contribution in [2.24, 2.45) is 11.7 Å². The summed E-state index contributed by atoms with van der Waals surface area (Å²) in [6.07, 6.45) is 2.32. The number of hydrogen-bond acceptors (Lipinski definition) is 7. The van der Waals surface area contributed by atoms with Crippen LogP contribution >= 0.6 is 0 Å². The first-order valence-electron chi connectivity index (χ1n) is 10.00. The van der Waals surface area contributed by atoms with Crippen LogP contribution in [0.15, 0.2) is 53.7 Å². The second-order valence-corrected chi connectivity index (χ2v) is 9.31. The Labute approximate surface area is 185 Å². The van der Waals surface area contributed by atoms with E-state index in [1.807, 2.05) is 0 Å². The highest BCUT2D eigenvalue weighted by Crippen LogP contribution is 2.24. The molecule has 1 atom stereocenters. The quantitative estimate of drug-likeness (QED) is 0.589. The van der Waals surface area contributed by atoms with E-state index in [0.717, 1.165) is 0 Å². The lowest BCUT2D eigenvalue weighted by Gasteiger charge is -2.30. The molecule has 3 rings (SSSR count). The number of pyridine rings is 1. The zero-order valence-corrected chi connectivity index (χ0v) is 18.2. The summed E-state index contributed by atoms with van der Waals surface area (Å²) in [6.45, 7) is 1.79. The zero-order chi connectivity index (χ0) is 23.3. The van der Waals surface area contributed by atoms with E-state index in [2.05, 4.69) is 10.3 Å². The molecule has 1 unspecified atom stereocenters. The van der Waals surface area contributed by atoms with E-state index in [9.17, 15) is 22.8 Å². The molecule has 3 N–H and O–H groups in total. The third kappa shape index (κ3) is 5.48. The Balaban J connectivity index is 1.50. The third-order valence-electron chi connectivity index (χ3n) is 5.16. The minimum absolute atomic E-state index is 0.107. The Hall–Kier alpha value is -3.31. The SMILES string of the molecule is CC(OC(=O)C1CCN(S(=O)(=O)c2cccnc2)CC1)C(=O)Nc1ccc(C(N)=O)cc1. The number of nitrogens with two attached hydrogens (primary N) is 1. The zero-order valence-electron chi connectivity index (χ0n) is 17.4. The van der Waals surface area contributed by atoms with Crippen molar-refractivity contribution in [3.8, 4) is 0 Å². The molecule has 0 radical (unpaired) electrons. The highest BCUT2D eigenvalue weighted by Gasteiger charge is 2.34. The molecule has 32 heavy (non-hydrogen) atoms. The predicted octanol–water partition coefficient (Wildman–Crippen LogP) is 1.15. The fraction of sp³-hybridized carbons (Fsp3) is 0.333. The summed E-state index contributed by atoms with van der Waals surface area (Å²) in [4.78, 5) is 39.8. The molecule has 1 saturated heterocycles. The maximum Gasteiger partial charge on any atom is 0.309 e. The van der Waals surface area contributed by atoms with Gasteiger partial charge in [0.2, 0.25) is 15.9 Å². The van der Waals surface area contributed by atoms with Crippen molar-refractivity contribution >= 4 is 33.5 Å². The Morgan fingerprint density at radius 3 is 2.38 bits per heavy atom. The second kappa shape index (κ2) is 9.88. The lowest BCUT2D eigenvalue weighted by Crippen LogP contribution is -2.41. The van der Waals surface area contributed by atoms with Gasteiger partial charge in [0.25, 0.3) is 5.91 Å². The molecule has 0 aliphatic carbocycles. The van der Waals surface area contributed by atoms with Gasteiger partial charge in [-0.2, -0.15) is 4.31 Å². The van der Waals surface area contributed by atoms with E-state index in [-0.39, 0.29) is 18.0 Å². The van der Waals surface area contributed by atoms with Crippen molar-refractivity contribution < 1.29 is 27.5 Å². The Morgan fingerprint density at radius 1 is 1.16 bits per heavy atom. The van der Waals surface area contributed by atoms with E-state index in [1.54, 1.807) is 6.07 Å². The number of sulfonamides is 1. The van der Waals surface area contributed by atoms with E-state index in [0.29, 0.717) is 24.1 Å². The molecule has 0 bridgehead atoms. The van der Waals surface area contributed by atoms with Crippen LogP contribution in [0.1, 0.15) is 30.1 Å². The topological polar surface area (TPSA) is 149 Å². The molecule has 1 aromatic carbocycles. The normalized spacial score (nSPS) is 16.2. The summed E-state index contributed by atoms with van der Waals surface area (Å²) in [6, 6.07) is 9.01. The van der Waals surface area contributed by atoms with Crippen molar-refractivity contribution in [2.45, 2.75) is 30.8 Å². The molecule has 11 heteroatoms. The fourth-order valence-electron chi connectivity index (χ4n) is 3.27. The minimum atomic E-state index is -3.67. The third-order valence-corrected chi connectivity index (χ3v) is 7.04. The number of anilines is 1. The molecule has 10 nitrogen and oxygen atoms in total. The van der Waals surface area contributed by atoms with Crippen molar-refractivity contribution in [3.63, 3.8) is 0 Å². The van der Waals surface area contributed by atoms with Crippen LogP contribution in [0.2, 0.25) is 0 Å². The summed E-state index contributed by atoms with van der Waals surface area (Å²) in [7, 11) is -3.67. The number of rotatable bonds is 7. The van der Waals surface area contributed by atoms with Gasteiger partial charge in [-0.15, -0.1) is 0 Å². The molecule has 2 aromatic rings. The van der Waals surface area contributed by atoms with Gasteiger partial charge in [-0.1, -0.05) is 0 Å². The molecule has 1 aliphatic heterocycles. The highest BCUT2D eigenvalue weighted by molar-refractivity contribution is 7.89. The number of esters is 1. The van der Waals surface area contributed by atoms with E-state index in [1.165, 1.54) is 54.0 Å². The number of benzene rings is 1. The molecule has 2 amide bonds. The van der Waals surface area contributed by atoms with Gasteiger partial charge in [-0.3, -0.25) is 19.4 Å². The molecule has 1 fully saturated rings. The second-order valence-electron chi connectivity index (χ2n) is 7.38. The van der Waals surface area contributed by atoms with Crippen molar-refractivity contribution in [1.29, 1.82) is 0 Å². The van der Waals surface area contributed by atoms with Crippen LogP contribution in [0.5, 0.6) is 0 Å². The average Bonchev–Trinajstić information content (AvgIpc) is 2.80. The summed E-state index contributed by atoms with van der Waals surface area (Å²) in [5.74, 6) is -2.15. The van der Waals surface area contributed by atoms with E-state index in [4.69, 9.17) is 10.5 Å². The minimum Gasteiger partial charge on any atom is -0.452 e. The molecular formula is C21H24N4O6S. The van der Waals surface area contributed by atoms with Gasteiger partial charge < -0.3 is 15.8 Å². The van der Waals surface area contributed by atoms with Gasteiger partial charge in [-0.25, -0.2) is 8.42 Å². The van der Waals surface area contributed by atoms with Crippen LogP contribution in [0.25, 0.3) is 0 Å². The number of carbonyl (C=O) groups is 3. The summed E-state index contributed by atoms with van der Waals surface area (Å²) in [5.41, 5.74) is 5.91. The first-order chi connectivity index (χ1) is 15.2. The molecule has 0 saturated carbocycles. The number of primary amides is 1. The Kier molecular flexibility index (Phi) is 7.21. The maximum atomic E-state index is 12.7. The van der Waals surface area contributed by atoms with E-state index < -0.39 is 39.8 Å². The van der Waals surface area contributed by atoms with Crippen LogP contribution in [0, 0.1) is 5.92 Å². The number of nitrogens with zero attached hydrogens (tertiary/aromatic N) is 2. The number of amides is 2. The largest absolute Gasteiger partial charge is 0.452 e. The van der Waals surface area contributed by atoms with Gasteiger partial charge >= 0.3 is 5.97 Å². The van der Waals surface area contributed by atoms with Crippen molar-refractivity contribution in [2.75, 3.05) is 18.4 Å². The van der Waals surface area contributed by atoms with Gasteiger partial charge in [0, 0.05) is 36.7 Å². The number of aromatic nitrogens is 1. The summed E-state index contributed by atoms with van der Waals surface area (Å²) in [5, 5.41) is 2.60. The predicted molar refractivity (Wildman–Crippen MR) is 115 cm³/mol. The van der Waals surface area contributed by atoms with Crippen molar-refractivity contribution in [3.05, 3.63) is 54.4 Å². The van der Waals surface area contributed by atoms with Crippen LogP contribution in [-0.4, -0.2) is 54.7 Å². The van der Waals surface area contributed by atoms with E-state index >= 15 is 0 Å². The number of nitrogens with one attached hydrogen (secondary N) is 1. The highest BCUT2D eigenvalue weighted by atomic mass is 32.2. The molecule has 1 aromatic heterocycles. The lowest BCUT2D eigenvalue weighted by atomic mass is 9.98. The fourth-order valence-corrected chi connectivity index (χ4v) is 4.70. The average molecular weight is 461 g/mol. The molecular weight excluding hydrogens is 436 g/mol. The Morgan fingerprint density at radius 2 is 1.81 bits per heavy atom. The maximum absolute atomic E-state index is 12.7. The molecule has 2 heterocycles. The van der Waals surface area contributed by atoms with Crippen LogP contribution < -0.4 is 11.1 Å². The van der Waals surface area contributed by atoms with Gasteiger partial charge in [-0.05, 0) is 56.2 Å². The first-order valence-corrected chi connectivity index (χ1v) is 11.4. The molecule has 170 valence electrons. The standard InChI is InChI=1S/C21H24N4O6S/c1-14(20(27)24-17-6-4-15(5-7-17)19(22)26)31-21(28)16-8-11-25(12-9-16)32(29,30)18-3-2-10-23-13-18/h2-7,10,13-14,16H,8-9,11-12H2,1H3,(H2,22,26)(H,24,27).